The molecule has 6 nitrogen and oxygen atoms in total. The molecule has 6 heteroatoms. The van der Waals surface area contributed by atoms with Crippen LogP contribution in [0.4, 0.5) is 0 Å². The van der Waals surface area contributed by atoms with E-state index in [9.17, 15) is 14.7 Å². The molecule has 1 unspecified atom stereocenters. The molecule has 1 aromatic heterocycles. The molecule has 1 aliphatic carbocycles. The summed E-state index contributed by atoms with van der Waals surface area (Å²) < 4.78 is 1.54. The van der Waals surface area contributed by atoms with Crippen molar-refractivity contribution < 1.29 is 9.90 Å². The number of nitrogens with one attached hydrogen (secondary N) is 1. The van der Waals surface area contributed by atoms with Crippen molar-refractivity contribution in [2.45, 2.75) is 45.1 Å². The fourth-order valence-electron chi connectivity index (χ4n) is 4.12. The second kappa shape index (κ2) is 6.59. The van der Waals surface area contributed by atoms with E-state index in [1.165, 1.54) is 23.5 Å². The van der Waals surface area contributed by atoms with Crippen molar-refractivity contribution in [2.24, 2.45) is 5.41 Å². The Labute approximate surface area is 152 Å². The first kappa shape index (κ1) is 18.2. The normalized spacial score (nSPS) is 21.5. The van der Waals surface area contributed by atoms with Crippen molar-refractivity contribution in [1.82, 2.24) is 15.1 Å². The number of carbonyl (C=O) groups excluding carboxylic acids is 1. The van der Waals surface area contributed by atoms with Gasteiger partial charge in [-0.1, -0.05) is 44.2 Å². The monoisotopic (exact) mass is 355 g/mol. The molecule has 0 bridgehead atoms. The molecule has 3 rings (SSSR count). The van der Waals surface area contributed by atoms with Crippen molar-refractivity contribution in [1.29, 1.82) is 0 Å². The smallest absolute Gasteiger partial charge is 0.275 e. The summed E-state index contributed by atoms with van der Waals surface area (Å²) in [5.74, 6) is -1.06. The molecule has 1 saturated carbocycles. The Morgan fingerprint density at radius 1 is 1.27 bits per heavy atom. The zero-order chi connectivity index (χ0) is 18.9. The Bertz CT molecular complexity index is 874. The number of carbonyl (C=O) groups is 1. The average Bonchev–Trinajstić information content (AvgIpc) is 2.94. The molecular formula is C20H25N3O3. The van der Waals surface area contributed by atoms with Gasteiger partial charge in [0.15, 0.2) is 11.4 Å². The van der Waals surface area contributed by atoms with E-state index in [0.717, 1.165) is 19.3 Å². The van der Waals surface area contributed by atoms with Crippen LogP contribution < -0.4 is 10.7 Å². The zero-order valence-electron chi connectivity index (χ0n) is 15.5. The van der Waals surface area contributed by atoms with E-state index in [0.29, 0.717) is 6.54 Å². The second-order valence-corrected chi connectivity index (χ2v) is 7.96. The van der Waals surface area contributed by atoms with Gasteiger partial charge in [0.05, 0.1) is 12.7 Å². The molecule has 1 amide bonds. The Balaban J connectivity index is 2.05. The van der Waals surface area contributed by atoms with Crippen LogP contribution in [0, 0.1) is 5.41 Å². The summed E-state index contributed by atoms with van der Waals surface area (Å²) >= 11 is 0. The maximum absolute atomic E-state index is 12.0. The summed E-state index contributed by atoms with van der Waals surface area (Å²) in [6.07, 6.45) is 4.35. The predicted octanol–water partition coefficient (Wildman–Crippen LogP) is 2.46. The van der Waals surface area contributed by atoms with E-state index < -0.39 is 17.1 Å². The summed E-state index contributed by atoms with van der Waals surface area (Å²) in [5.41, 5.74) is 0.223. The van der Waals surface area contributed by atoms with Crippen LogP contribution in [0.15, 0.2) is 41.3 Å². The number of rotatable bonds is 4. The van der Waals surface area contributed by atoms with E-state index in [-0.39, 0.29) is 16.5 Å². The Hall–Kier alpha value is -2.63. The third kappa shape index (κ3) is 3.36. The third-order valence-electron chi connectivity index (χ3n) is 5.34. The summed E-state index contributed by atoms with van der Waals surface area (Å²) in [7, 11) is 1.43. The van der Waals surface area contributed by atoms with Gasteiger partial charge in [0.2, 0.25) is 0 Å². The Kier molecular flexibility index (Phi) is 4.61. The van der Waals surface area contributed by atoms with Crippen LogP contribution in [0.3, 0.4) is 0 Å². The lowest BCUT2D eigenvalue weighted by Crippen LogP contribution is -2.34. The number of aromatic nitrogens is 2. The SMILES string of the molecule is CNC(=O)c1nn(CC2(c3ccccc3)CCC(C)(C)C2)cc(O)c1=O. The molecule has 138 valence electrons. The highest BCUT2D eigenvalue weighted by Gasteiger charge is 2.44. The van der Waals surface area contributed by atoms with E-state index >= 15 is 0 Å². The van der Waals surface area contributed by atoms with Crippen molar-refractivity contribution in [2.75, 3.05) is 7.05 Å². The lowest BCUT2D eigenvalue weighted by molar-refractivity contribution is 0.0953. The highest BCUT2D eigenvalue weighted by atomic mass is 16.3. The molecule has 0 radical (unpaired) electrons. The van der Waals surface area contributed by atoms with Crippen molar-refractivity contribution >= 4 is 5.91 Å². The molecule has 26 heavy (non-hydrogen) atoms. The minimum Gasteiger partial charge on any atom is -0.503 e. The molecule has 2 aromatic rings. The minimum absolute atomic E-state index is 0.154. The van der Waals surface area contributed by atoms with Gasteiger partial charge in [0.25, 0.3) is 11.3 Å². The zero-order valence-corrected chi connectivity index (χ0v) is 15.5. The maximum atomic E-state index is 12.0. The number of benzene rings is 1. The summed E-state index contributed by atoms with van der Waals surface area (Å²) in [5, 5.41) is 16.6. The fraction of sp³-hybridized carbons (Fsp3) is 0.450. The third-order valence-corrected chi connectivity index (χ3v) is 5.34. The van der Waals surface area contributed by atoms with Crippen molar-refractivity contribution in [3.8, 4) is 5.75 Å². The first-order valence-electron chi connectivity index (χ1n) is 8.85. The number of hydrogen-bond acceptors (Lipinski definition) is 4. The molecule has 1 fully saturated rings. The van der Waals surface area contributed by atoms with Crippen LogP contribution in [-0.4, -0.2) is 27.8 Å². The second-order valence-electron chi connectivity index (χ2n) is 7.96. The molecule has 1 aromatic carbocycles. The molecule has 1 aliphatic rings. The van der Waals surface area contributed by atoms with Gasteiger partial charge in [-0.15, -0.1) is 0 Å². The molecule has 0 saturated heterocycles. The lowest BCUT2D eigenvalue weighted by atomic mass is 9.76. The first-order chi connectivity index (χ1) is 12.3. The summed E-state index contributed by atoms with van der Waals surface area (Å²) in [6, 6.07) is 10.3. The summed E-state index contributed by atoms with van der Waals surface area (Å²) in [4.78, 5) is 24.0. The minimum atomic E-state index is -0.749. The summed E-state index contributed by atoms with van der Waals surface area (Å²) in [6.45, 7) is 5.01. The first-order valence-corrected chi connectivity index (χ1v) is 8.85. The van der Waals surface area contributed by atoms with E-state index in [4.69, 9.17) is 0 Å². The highest BCUT2D eigenvalue weighted by molar-refractivity contribution is 5.92. The van der Waals surface area contributed by atoms with Crippen LogP contribution in [-0.2, 0) is 12.0 Å². The van der Waals surface area contributed by atoms with Gasteiger partial charge < -0.3 is 10.4 Å². The molecule has 1 atom stereocenters. The number of aromatic hydroxyl groups is 1. The van der Waals surface area contributed by atoms with Gasteiger partial charge in [-0.05, 0) is 30.2 Å². The molecule has 0 aliphatic heterocycles. The Morgan fingerprint density at radius 2 is 1.96 bits per heavy atom. The van der Waals surface area contributed by atoms with E-state index in [1.807, 2.05) is 18.2 Å². The number of hydrogen-bond donors (Lipinski definition) is 2. The number of amides is 1. The van der Waals surface area contributed by atoms with Gasteiger partial charge in [0.1, 0.15) is 0 Å². The molecule has 2 N–H and O–H groups in total. The topological polar surface area (TPSA) is 84.2 Å². The van der Waals surface area contributed by atoms with Crippen molar-refractivity contribution in [3.63, 3.8) is 0 Å². The van der Waals surface area contributed by atoms with Gasteiger partial charge in [0, 0.05) is 12.5 Å². The van der Waals surface area contributed by atoms with Crippen LogP contribution in [0.5, 0.6) is 5.75 Å². The van der Waals surface area contributed by atoms with Crippen molar-refractivity contribution in [3.05, 3.63) is 58.0 Å². The van der Waals surface area contributed by atoms with Gasteiger partial charge in [-0.2, -0.15) is 5.10 Å². The quantitative estimate of drug-likeness (QED) is 0.882. The highest BCUT2D eigenvalue weighted by Crippen LogP contribution is 2.51. The van der Waals surface area contributed by atoms with Crippen LogP contribution >= 0.6 is 0 Å². The van der Waals surface area contributed by atoms with Crippen LogP contribution in [0.1, 0.15) is 49.2 Å². The average molecular weight is 355 g/mol. The predicted molar refractivity (Wildman–Crippen MR) is 99.3 cm³/mol. The van der Waals surface area contributed by atoms with E-state index in [2.05, 4.69) is 36.4 Å². The van der Waals surface area contributed by atoms with Gasteiger partial charge in [-0.3, -0.25) is 14.3 Å². The molecule has 0 spiro atoms. The fourth-order valence-corrected chi connectivity index (χ4v) is 4.12. The van der Waals surface area contributed by atoms with Crippen LogP contribution in [0.2, 0.25) is 0 Å². The van der Waals surface area contributed by atoms with Gasteiger partial charge >= 0.3 is 0 Å². The lowest BCUT2D eigenvalue weighted by Gasteiger charge is -2.32. The van der Waals surface area contributed by atoms with Gasteiger partial charge in [-0.25, -0.2) is 0 Å². The molecule has 1 heterocycles. The Morgan fingerprint density at radius 3 is 2.54 bits per heavy atom. The number of nitrogens with zero attached hydrogens (tertiary/aromatic N) is 2. The standard InChI is InChI=1S/C20H25N3O3/c1-19(2)9-10-20(12-19,14-7-5-4-6-8-14)13-23-11-15(24)17(25)16(22-23)18(26)21-3/h4-8,11,24H,9-10,12-13H2,1-3H3,(H,21,26). The molecular weight excluding hydrogens is 330 g/mol. The largest absolute Gasteiger partial charge is 0.503 e. The van der Waals surface area contributed by atoms with Crippen LogP contribution in [0.25, 0.3) is 0 Å². The van der Waals surface area contributed by atoms with E-state index in [1.54, 1.807) is 0 Å². The maximum Gasteiger partial charge on any atom is 0.275 e.